The van der Waals surface area contributed by atoms with E-state index in [1.807, 2.05) is 0 Å². The van der Waals surface area contributed by atoms with Crippen LogP contribution in [0.5, 0.6) is 0 Å². The monoisotopic (exact) mass is 200 g/mol. The van der Waals surface area contributed by atoms with Gasteiger partial charge in [0.25, 0.3) is 5.60 Å². The van der Waals surface area contributed by atoms with Gasteiger partial charge in [0.1, 0.15) is 0 Å². The molecule has 0 aliphatic heterocycles. The highest BCUT2D eigenvalue weighted by Crippen LogP contribution is 2.36. The first-order chi connectivity index (χ1) is 5.67. The molecular formula is C7H11F3O3. The molecule has 13 heavy (non-hydrogen) atoms. The molecule has 0 saturated carbocycles. The second kappa shape index (κ2) is 3.53. The van der Waals surface area contributed by atoms with Gasteiger partial charge in [0, 0.05) is 5.92 Å². The Bertz CT molecular complexity index is 200. The summed E-state index contributed by atoms with van der Waals surface area (Å²) in [6, 6.07) is 0. The number of carbonyl (C=O) groups is 1. The third-order valence-electron chi connectivity index (χ3n) is 1.76. The van der Waals surface area contributed by atoms with Crippen molar-refractivity contribution in [1.29, 1.82) is 0 Å². The summed E-state index contributed by atoms with van der Waals surface area (Å²) in [6.07, 6.45) is -5.02. The molecule has 0 saturated heterocycles. The molecule has 6 heteroatoms. The Balaban J connectivity index is 5.08. The zero-order valence-electron chi connectivity index (χ0n) is 7.47. The molecule has 0 aromatic carbocycles. The Morgan fingerprint density at radius 2 is 1.77 bits per heavy atom. The van der Waals surface area contributed by atoms with Crippen molar-refractivity contribution < 1.29 is 27.8 Å². The highest BCUT2D eigenvalue weighted by molar-refractivity contribution is 5.80. The second-order valence-corrected chi connectivity index (χ2v) is 2.91. The molecule has 0 aromatic heterocycles. The standard InChI is InChI=1S/C7H11F3O3/c1-4(2)6(12,5(11)13-3)7(8,9)10/h4,12H,1-3H3. The van der Waals surface area contributed by atoms with Gasteiger partial charge < -0.3 is 9.84 Å². The Labute approximate surface area is 73.5 Å². The minimum Gasteiger partial charge on any atom is -0.467 e. The third kappa shape index (κ3) is 1.93. The van der Waals surface area contributed by atoms with Crippen molar-refractivity contribution in [3.8, 4) is 0 Å². The number of aliphatic hydroxyl groups is 1. The molecule has 0 heterocycles. The number of methoxy groups -OCH3 is 1. The van der Waals surface area contributed by atoms with E-state index < -0.39 is 23.7 Å². The van der Waals surface area contributed by atoms with E-state index in [-0.39, 0.29) is 0 Å². The first-order valence-corrected chi connectivity index (χ1v) is 3.55. The van der Waals surface area contributed by atoms with Gasteiger partial charge in [0.2, 0.25) is 0 Å². The van der Waals surface area contributed by atoms with E-state index in [9.17, 15) is 18.0 Å². The molecule has 0 amide bonds. The van der Waals surface area contributed by atoms with Gasteiger partial charge in [0.15, 0.2) is 0 Å². The predicted octanol–water partition coefficient (Wildman–Crippen LogP) is 1.11. The number of ether oxygens (including phenoxy) is 1. The van der Waals surface area contributed by atoms with Crippen LogP contribution in [0, 0.1) is 5.92 Å². The third-order valence-corrected chi connectivity index (χ3v) is 1.76. The number of carbonyl (C=O) groups excluding carboxylic acids is 1. The average Bonchev–Trinajstić information content (AvgIpc) is 1.98. The summed E-state index contributed by atoms with van der Waals surface area (Å²) in [6.45, 7) is 2.18. The van der Waals surface area contributed by atoms with Crippen molar-refractivity contribution in [2.75, 3.05) is 7.11 Å². The average molecular weight is 200 g/mol. The summed E-state index contributed by atoms with van der Waals surface area (Å²) in [5.41, 5.74) is -3.41. The smallest absolute Gasteiger partial charge is 0.428 e. The molecule has 0 aliphatic rings. The minimum atomic E-state index is -5.02. The maximum atomic E-state index is 12.2. The molecule has 0 rings (SSSR count). The maximum absolute atomic E-state index is 12.2. The molecule has 78 valence electrons. The first-order valence-electron chi connectivity index (χ1n) is 3.55. The lowest BCUT2D eigenvalue weighted by molar-refractivity contribution is -0.274. The summed E-state index contributed by atoms with van der Waals surface area (Å²) in [4.78, 5) is 10.7. The van der Waals surface area contributed by atoms with Crippen LogP contribution in [0.25, 0.3) is 0 Å². The quantitative estimate of drug-likeness (QED) is 0.679. The van der Waals surface area contributed by atoms with Crippen molar-refractivity contribution in [2.45, 2.75) is 25.6 Å². The van der Waals surface area contributed by atoms with E-state index >= 15 is 0 Å². The molecule has 3 nitrogen and oxygen atoms in total. The van der Waals surface area contributed by atoms with Crippen LogP contribution in [-0.4, -0.2) is 30.0 Å². The molecule has 0 radical (unpaired) electrons. The van der Waals surface area contributed by atoms with E-state index in [2.05, 4.69) is 4.74 Å². The lowest BCUT2D eigenvalue weighted by Crippen LogP contribution is -2.56. The van der Waals surface area contributed by atoms with Crippen LogP contribution < -0.4 is 0 Å². The van der Waals surface area contributed by atoms with Gasteiger partial charge in [-0.25, -0.2) is 4.79 Å². The van der Waals surface area contributed by atoms with Crippen LogP contribution in [0.2, 0.25) is 0 Å². The molecule has 0 spiro atoms. The fraction of sp³-hybridized carbons (Fsp3) is 0.857. The Morgan fingerprint density at radius 3 is 1.85 bits per heavy atom. The van der Waals surface area contributed by atoms with Gasteiger partial charge in [-0.3, -0.25) is 0 Å². The summed E-state index contributed by atoms with van der Waals surface area (Å²) in [7, 11) is 0.793. The van der Waals surface area contributed by atoms with Crippen molar-refractivity contribution >= 4 is 5.97 Å². The molecule has 0 bridgehead atoms. The van der Waals surface area contributed by atoms with E-state index in [0.29, 0.717) is 0 Å². The Hall–Kier alpha value is -0.780. The Morgan fingerprint density at radius 1 is 1.38 bits per heavy atom. The number of rotatable bonds is 2. The van der Waals surface area contributed by atoms with E-state index in [1.165, 1.54) is 0 Å². The van der Waals surface area contributed by atoms with Crippen LogP contribution >= 0.6 is 0 Å². The molecule has 1 N–H and O–H groups in total. The largest absolute Gasteiger partial charge is 0.467 e. The van der Waals surface area contributed by atoms with Gasteiger partial charge in [-0.15, -0.1) is 0 Å². The van der Waals surface area contributed by atoms with Gasteiger partial charge in [-0.1, -0.05) is 13.8 Å². The normalized spacial score (nSPS) is 16.9. The maximum Gasteiger partial charge on any atom is 0.428 e. The molecule has 0 fully saturated rings. The van der Waals surface area contributed by atoms with Crippen molar-refractivity contribution in [1.82, 2.24) is 0 Å². The summed E-state index contributed by atoms with van der Waals surface area (Å²) in [5, 5.41) is 9.09. The second-order valence-electron chi connectivity index (χ2n) is 2.91. The molecule has 0 aliphatic carbocycles. The molecule has 1 unspecified atom stereocenters. The van der Waals surface area contributed by atoms with Crippen molar-refractivity contribution in [3.05, 3.63) is 0 Å². The fourth-order valence-corrected chi connectivity index (χ4v) is 0.834. The zero-order chi connectivity index (χ0) is 10.9. The molecule has 0 aromatic rings. The van der Waals surface area contributed by atoms with E-state index in [1.54, 1.807) is 0 Å². The van der Waals surface area contributed by atoms with Crippen LogP contribution in [-0.2, 0) is 9.53 Å². The minimum absolute atomic E-state index is 0.793. The number of hydrogen-bond acceptors (Lipinski definition) is 3. The summed E-state index contributed by atoms with van der Waals surface area (Å²) >= 11 is 0. The summed E-state index contributed by atoms with van der Waals surface area (Å²) < 4.78 is 40.6. The Kier molecular flexibility index (Phi) is 3.32. The topological polar surface area (TPSA) is 46.5 Å². The molecule has 1 atom stereocenters. The highest BCUT2D eigenvalue weighted by Gasteiger charge is 2.62. The zero-order valence-corrected chi connectivity index (χ0v) is 7.47. The predicted molar refractivity (Wildman–Crippen MR) is 37.9 cm³/mol. The summed E-state index contributed by atoms with van der Waals surface area (Å²) in [5.74, 6) is -2.98. The van der Waals surface area contributed by atoms with Crippen LogP contribution in [0.1, 0.15) is 13.8 Å². The van der Waals surface area contributed by atoms with Gasteiger partial charge in [-0.2, -0.15) is 13.2 Å². The first kappa shape index (κ1) is 12.2. The lowest BCUT2D eigenvalue weighted by atomic mass is 9.90. The highest BCUT2D eigenvalue weighted by atomic mass is 19.4. The van der Waals surface area contributed by atoms with Gasteiger partial charge >= 0.3 is 12.1 Å². The van der Waals surface area contributed by atoms with Crippen molar-refractivity contribution in [3.63, 3.8) is 0 Å². The van der Waals surface area contributed by atoms with Crippen LogP contribution in [0.15, 0.2) is 0 Å². The van der Waals surface area contributed by atoms with Gasteiger partial charge in [0.05, 0.1) is 7.11 Å². The number of esters is 1. The SMILES string of the molecule is COC(=O)C(O)(C(C)C)C(F)(F)F. The number of halogens is 3. The van der Waals surface area contributed by atoms with E-state index in [4.69, 9.17) is 5.11 Å². The molecular weight excluding hydrogens is 189 g/mol. The number of hydrogen-bond donors (Lipinski definition) is 1. The van der Waals surface area contributed by atoms with Crippen molar-refractivity contribution in [2.24, 2.45) is 5.92 Å². The van der Waals surface area contributed by atoms with Crippen LogP contribution in [0.3, 0.4) is 0 Å². The van der Waals surface area contributed by atoms with E-state index in [0.717, 1.165) is 21.0 Å². The number of alkyl halides is 3. The van der Waals surface area contributed by atoms with Crippen LogP contribution in [0.4, 0.5) is 13.2 Å². The lowest BCUT2D eigenvalue weighted by Gasteiger charge is -2.30. The van der Waals surface area contributed by atoms with Gasteiger partial charge in [-0.05, 0) is 0 Å². The fourth-order valence-electron chi connectivity index (χ4n) is 0.834.